The van der Waals surface area contributed by atoms with Crippen molar-refractivity contribution in [1.29, 1.82) is 5.26 Å². The summed E-state index contributed by atoms with van der Waals surface area (Å²) in [7, 11) is 0. The third kappa shape index (κ3) is 3.68. The lowest BCUT2D eigenvalue weighted by Crippen LogP contribution is -1.98. The molecule has 0 aliphatic carbocycles. The van der Waals surface area contributed by atoms with Gasteiger partial charge in [0.2, 0.25) is 0 Å². The first-order valence-electron chi connectivity index (χ1n) is 14.2. The standard InChI is InChI=1S/C39H24N4/c1-25-9-3-6-12-34(25)42-38-19-16-27(22-32(38)33-23-29(41-2)17-20-39(33)42)26-15-18-35(28(21-26)24-40)43-36-13-7-4-10-30(36)31-11-5-8-14-37(31)43/h3-23H,1H3. The van der Waals surface area contributed by atoms with Gasteiger partial charge in [0.1, 0.15) is 6.07 Å². The summed E-state index contributed by atoms with van der Waals surface area (Å²) >= 11 is 0. The van der Waals surface area contributed by atoms with Crippen LogP contribution in [-0.4, -0.2) is 9.13 Å². The minimum Gasteiger partial charge on any atom is -0.309 e. The van der Waals surface area contributed by atoms with E-state index in [9.17, 15) is 5.26 Å². The van der Waals surface area contributed by atoms with Gasteiger partial charge >= 0.3 is 0 Å². The number of hydrogen-bond donors (Lipinski definition) is 0. The molecule has 0 N–H and O–H groups in total. The maximum atomic E-state index is 10.4. The third-order valence-electron chi connectivity index (χ3n) is 8.51. The summed E-state index contributed by atoms with van der Waals surface area (Å²) in [5, 5.41) is 14.8. The number of nitriles is 1. The highest BCUT2D eigenvalue weighted by Crippen LogP contribution is 2.39. The first kappa shape index (κ1) is 24.7. The van der Waals surface area contributed by atoms with Gasteiger partial charge in [-0.3, -0.25) is 0 Å². The summed E-state index contributed by atoms with van der Waals surface area (Å²) in [5.74, 6) is 0. The summed E-state index contributed by atoms with van der Waals surface area (Å²) in [6.45, 7) is 9.74. The fourth-order valence-electron chi connectivity index (χ4n) is 6.52. The Labute approximate surface area is 248 Å². The average Bonchev–Trinajstić information content (AvgIpc) is 3.56. The molecule has 0 saturated carbocycles. The maximum absolute atomic E-state index is 10.4. The van der Waals surface area contributed by atoms with Crippen molar-refractivity contribution in [3.05, 3.63) is 150 Å². The molecule has 4 nitrogen and oxygen atoms in total. The molecule has 0 amide bonds. The van der Waals surface area contributed by atoms with Crippen molar-refractivity contribution in [2.75, 3.05) is 0 Å². The van der Waals surface area contributed by atoms with Crippen LogP contribution in [0, 0.1) is 24.8 Å². The molecule has 8 aromatic rings. The average molecular weight is 549 g/mol. The van der Waals surface area contributed by atoms with Crippen molar-refractivity contribution in [3.63, 3.8) is 0 Å². The number of rotatable bonds is 3. The van der Waals surface area contributed by atoms with Crippen LogP contribution in [0.15, 0.2) is 127 Å². The van der Waals surface area contributed by atoms with E-state index in [1.807, 2.05) is 36.4 Å². The van der Waals surface area contributed by atoms with Gasteiger partial charge in [0.15, 0.2) is 5.69 Å². The Kier molecular flexibility index (Phi) is 5.44. The van der Waals surface area contributed by atoms with E-state index in [0.717, 1.165) is 55.3 Å². The molecule has 6 aromatic carbocycles. The molecule has 0 fully saturated rings. The number of hydrogen-bond acceptors (Lipinski definition) is 1. The third-order valence-corrected chi connectivity index (χ3v) is 8.51. The van der Waals surface area contributed by atoms with E-state index < -0.39 is 0 Å². The van der Waals surface area contributed by atoms with Crippen LogP contribution in [0.4, 0.5) is 5.69 Å². The van der Waals surface area contributed by atoms with Gasteiger partial charge in [-0.2, -0.15) is 5.26 Å². The Morgan fingerprint density at radius 2 is 1.12 bits per heavy atom. The smallest absolute Gasteiger partial charge is 0.188 e. The van der Waals surface area contributed by atoms with Crippen LogP contribution < -0.4 is 0 Å². The number of aromatic nitrogens is 2. The Hall–Kier alpha value is -6.10. The molecule has 2 heterocycles. The van der Waals surface area contributed by atoms with E-state index in [0.29, 0.717) is 11.3 Å². The molecule has 43 heavy (non-hydrogen) atoms. The first-order chi connectivity index (χ1) is 21.2. The molecular formula is C39H24N4. The topological polar surface area (TPSA) is 38.0 Å². The van der Waals surface area contributed by atoms with Crippen LogP contribution in [0.25, 0.3) is 71.0 Å². The number of nitrogens with zero attached hydrogens (tertiary/aromatic N) is 4. The number of benzene rings is 6. The van der Waals surface area contributed by atoms with Gasteiger partial charge < -0.3 is 9.13 Å². The fourth-order valence-corrected chi connectivity index (χ4v) is 6.52. The van der Waals surface area contributed by atoms with E-state index in [4.69, 9.17) is 6.57 Å². The van der Waals surface area contributed by atoms with Crippen molar-refractivity contribution < 1.29 is 0 Å². The van der Waals surface area contributed by atoms with Gasteiger partial charge in [0, 0.05) is 21.8 Å². The molecular weight excluding hydrogens is 524 g/mol. The van der Waals surface area contributed by atoms with Crippen LogP contribution >= 0.6 is 0 Å². The van der Waals surface area contributed by atoms with E-state index in [2.05, 4.69) is 118 Å². The molecule has 0 unspecified atom stereocenters. The lowest BCUT2D eigenvalue weighted by Gasteiger charge is -2.13. The summed E-state index contributed by atoms with van der Waals surface area (Å²) in [6, 6.07) is 46.1. The lowest BCUT2D eigenvalue weighted by molar-refractivity contribution is 1.15. The molecule has 0 aliphatic heterocycles. The van der Waals surface area contributed by atoms with E-state index >= 15 is 0 Å². The number of aryl methyl sites for hydroxylation is 1. The molecule has 4 heteroatoms. The monoisotopic (exact) mass is 548 g/mol. The molecule has 0 spiro atoms. The van der Waals surface area contributed by atoms with Crippen LogP contribution in [0.3, 0.4) is 0 Å². The second kappa shape index (κ2) is 9.48. The lowest BCUT2D eigenvalue weighted by atomic mass is 10.00. The molecule has 0 bridgehead atoms. The Bertz CT molecular complexity index is 2440. The predicted molar refractivity (Wildman–Crippen MR) is 176 cm³/mol. The van der Waals surface area contributed by atoms with Crippen molar-refractivity contribution in [1.82, 2.24) is 9.13 Å². The minimum absolute atomic E-state index is 0.613. The van der Waals surface area contributed by atoms with E-state index in [1.54, 1.807) is 0 Å². The van der Waals surface area contributed by atoms with Crippen molar-refractivity contribution >= 4 is 49.3 Å². The molecule has 2 aromatic heterocycles. The Morgan fingerprint density at radius 1 is 0.558 bits per heavy atom. The zero-order chi connectivity index (χ0) is 29.1. The largest absolute Gasteiger partial charge is 0.309 e. The molecule has 0 atom stereocenters. The number of para-hydroxylation sites is 3. The van der Waals surface area contributed by atoms with Gasteiger partial charge in [-0.15, -0.1) is 0 Å². The highest BCUT2D eigenvalue weighted by molar-refractivity contribution is 6.12. The normalized spacial score (nSPS) is 11.3. The SMILES string of the molecule is [C-]#[N+]c1ccc2c(c1)c1cc(-c3ccc(-n4c5ccccc5c5ccccc54)c(C#N)c3)ccc1n2-c1ccccc1C. The van der Waals surface area contributed by atoms with Crippen LogP contribution in [0.5, 0.6) is 0 Å². The molecule has 0 aliphatic rings. The summed E-state index contributed by atoms with van der Waals surface area (Å²) < 4.78 is 4.47. The fraction of sp³-hybridized carbons (Fsp3) is 0.0256. The summed E-state index contributed by atoms with van der Waals surface area (Å²) in [5.41, 5.74) is 10.7. The quantitative estimate of drug-likeness (QED) is 0.202. The predicted octanol–water partition coefficient (Wildman–Crippen LogP) is 10.3. The zero-order valence-electron chi connectivity index (χ0n) is 23.4. The van der Waals surface area contributed by atoms with Crippen molar-refractivity contribution in [2.24, 2.45) is 0 Å². The summed E-state index contributed by atoms with van der Waals surface area (Å²) in [4.78, 5) is 3.71. The maximum Gasteiger partial charge on any atom is 0.188 e. The van der Waals surface area contributed by atoms with Gasteiger partial charge in [-0.05, 0) is 83.6 Å². The minimum atomic E-state index is 0.613. The second-order valence-corrected chi connectivity index (χ2v) is 10.9. The van der Waals surface area contributed by atoms with Gasteiger partial charge in [0.05, 0.1) is 39.9 Å². The Morgan fingerprint density at radius 3 is 1.81 bits per heavy atom. The highest BCUT2D eigenvalue weighted by Gasteiger charge is 2.17. The van der Waals surface area contributed by atoms with Crippen LogP contribution in [0.2, 0.25) is 0 Å². The Balaban J connectivity index is 1.34. The van der Waals surface area contributed by atoms with E-state index in [1.165, 1.54) is 16.3 Å². The highest BCUT2D eigenvalue weighted by atomic mass is 15.0. The number of fused-ring (bicyclic) bond motifs is 6. The van der Waals surface area contributed by atoms with Crippen molar-refractivity contribution in [3.8, 4) is 28.6 Å². The van der Waals surface area contributed by atoms with Crippen LogP contribution in [-0.2, 0) is 0 Å². The molecule has 8 rings (SSSR count). The molecule has 0 radical (unpaired) electrons. The van der Waals surface area contributed by atoms with Crippen molar-refractivity contribution in [2.45, 2.75) is 6.92 Å². The van der Waals surface area contributed by atoms with Gasteiger partial charge in [0.25, 0.3) is 0 Å². The van der Waals surface area contributed by atoms with Gasteiger partial charge in [-0.1, -0.05) is 72.8 Å². The van der Waals surface area contributed by atoms with E-state index in [-0.39, 0.29) is 0 Å². The zero-order valence-corrected chi connectivity index (χ0v) is 23.4. The second-order valence-electron chi connectivity index (χ2n) is 10.9. The molecule has 0 saturated heterocycles. The molecule has 200 valence electrons. The first-order valence-corrected chi connectivity index (χ1v) is 14.2. The van der Waals surface area contributed by atoms with Gasteiger partial charge in [-0.25, -0.2) is 4.85 Å². The van der Waals surface area contributed by atoms with Crippen LogP contribution in [0.1, 0.15) is 11.1 Å². The summed E-state index contributed by atoms with van der Waals surface area (Å²) in [6.07, 6.45) is 0.